The van der Waals surface area contributed by atoms with Crippen molar-refractivity contribution in [3.63, 3.8) is 0 Å². The second-order valence-corrected chi connectivity index (χ2v) is 2.81. The van der Waals surface area contributed by atoms with Gasteiger partial charge in [0.1, 0.15) is 0 Å². The van der Waals surface area contributed by atoms with E-state index < -0.39 is 0 Å². The predicted molar refractivity (Wildman–Crippen MR) is 43.9 cm³/mol. The van der Waals surface area contributed by atoms with Crippen molar-refractivity contribution in [1.82, 2.24) is 0 Å². The van der Waals surface area contributed by atoms with Gasteiger partial charge in [-0.05, 0) is 26.3 Å². The van der Waals surface area contributed by atoms with E-state index in [1.165, 1.54) is 0 Å². The van der Waals surface area contributed by atoms with Crippen LogP contribution in [0.15, 0.2) is 12.2 Å². The number of ether oxygens (including phenoxy) is 1. The highest BCUT2D eigenvalue weighted by molar-refractivity contribution is 5.02. The first kappa shape index (κ1) is 9.66. The number of rotatable bonds is 4. The van der Waals surface area contributed by atoms with Gasteiger partial charge in [-0.25, -0.2) is 0 Å². The van der Waals surface area contributed by atoms with Gasteiger partial charge in [-0.15, -0.1) is 0 Å². The Labute approximate surface area is 63.1 Å². The number of hydrogen-bond acceptors (Lipinski definition) is 2. The molecular weight excluding hydrogens is 126 g/mol. The number of nitrogens with two attached hydrogens (primary N) is 1. The Morgan fingerprint density at radius 3 is 2.30 bits per heavy atom. The van der Waals surface area contributed by atoms with Crippen molar-refractivity contribution < 1.29 is 4.74 Å². The largest absolute Gasteiger partial charge is 0.374 e. The van der Waals surface area contributed by atoms with E-state index in [2.05, 4.69) is 6.58 Å². The topological polar surface area (TPSA) is 35.2 Å². The summed E-state index contributed by atoms with van der Waals surface area (Å²) in [4.78, 5) is 0. The van der Waals surface area contributed by atoms with Gasteiger partial charge in [0.05, 0.1) is 12.7 Å². The van der Waals surface area contributed by atoms with E-state index in [0.717, 1.165) is 5.57 Å². The molecule has 0 fully saturated rings. The van der Waals surface area contributed by atoms with Gasteiger partial charge in [-0.1, -0.05) is 6.58 Å². The normalized spacial score (nSPS) is 13.7. The van der Waals surface area contributed by atoms with Crippen LogP contribution in [0, 0.1) is 0 Å². The van der Waals surface area contributed by atoms with E-state index in [1.807, 2.05) is 20.8 Å². The van der Waals surface area contributed by atoms with Gasteiger partial charge in [0.25, 0.3) is 0 Å². The van der Waals surface area contributed by atoms with Gasteiger partial charge in [0.15, 0.2) is 0 Å². The smallest absolute Gasteiger partial charge is 0.0692 e. The Morgan fingerprint density at radius 1 is 1.50 bits per heavy atom. The molecule has 1 unspecified atom stereocenters. The van der Waals surface area contributed by atoms with Gasteiger partial charge >= 0.3 is 0 Å². The lowest BCUT2D eigenvalue weighted by atomic mass is 10.2. The van der Waals surface area contributed by atoms with Crippen molar-refractivity contribution in [2.45, 2.75) is 32.9 Å². The summed E-state index contributed by atoms with van der Waals surface area (Å²) < 4.78 is 5.29. The molecule has 2 N–H and O–H groups in total. The molecule has 0 bridgehead atoms. The van der Waals surface area contributed by atoms with Crippen LogP contribution in [0.25, 0.3) is 0 Å². The highest BCUT2D eigenvalue weighted by Crippen LogP contribution is 1.98. The molecule has 60 valence electrons. The molecule has 0 aromatic heterocycles. The lowest BCUT2D eigenvalue weighted by molar-refractivity contribution is 0.0953. The molecule has 0 spiro atoms. The zero-order chi connectivity index (χ0) is 8.15. The van der Waals surface area contributed by atoms with Gasteiger partial charge in [0.2, 0.25) is 0 Å². The minimum Gasteiger partial charge on any atom is -0.374 e. The Kier molecular flexibility index (Phi) is 4.32. The zero-order valence-corrected chi connectivity index (χ0v) is 7.05. The molecule has 0 aliphatic rings. The summed E-state index contributed by atoms with van der Waals surface area (Å²) in [6, 6.07) is 0.0405. The van der Waals surface area contributed by atoms with E-state index in [4.69, 9.17) is 10.5 Å². The van der Waals surface area contributed by atoms with Crippen molar-refractivity contribution in [3.05, 3.63) is 12.2 Å². The zero-order valence-electron chi connectivity index (χ0n) is 7.05. The van der Waals surface area contributed by atoms with Crippen molar-refractivity contribution in [2.75, 3.05) is 6.61 Å². The van der Waals surface area contributed by atoms with Gasteiger partial charge < -0.3 is 10.5 Å². The van der Waals surface area contributed by atoms with Crippen LogP contribution in [-0.2, 0) is 4.74 Å². The lowest BCUT2D eigenvalue weighted by Gasteiger charge is -2.11. The molecule has 1 atom stereocenters. The van der Waals surface area contributed by atoms with E-state index in [-0.39, 0.29) is 12.1 Å². The lowest BCUT2D eigenvalue weighted by Crippen LogP contribution is -2.21. The maximum absolute atomic E-state index is 5.54. The van der Waals surface area contributed by atoms with Crippen LogP contribution in [0.3, 0.4) is 0 Å². The molecule has 0 rings (SSSR count). The van der Waals surface area contributed by atoms with Gasteiger partial charge in [0, 0.05) is 6.04 Å². The molecule has 0 aromatic rings. The second-order valence-electron chi connectivity index (χ2n) is 2.81. The Bertz CT molecular complexity index is 108. The van der Waals surface area contributed by atoms with Crippen molar-refractivity contribution >= 4 is 0 Å². The summed E-state index contributed by atoms with van der Waals surface area (Å²) in [7, 11) is 0. The van der Waals surface area contributed by atoms with Crippen molar-refractivity contribution in [2.24, 2.45) is 5.73 Å². The predicted octanol–water partition coefficient (Wildman–Crippen LogP) is 1.31. The third-order valence-corrected chi connectivity index (χ3v) is 1.25. The Hall–Kier alpha value is -0.340. The van der Waals surface area contributed by atoms with E-state index in [1.54, 1.807) is 0 Å². The molecule has 0 saturated carbocycles. The van der Waals surface area contributed by atoms with Crippen LogP contribution in [0.5, 0.6) is 0 Å². The molecule has 0 aromatic carbocycles. The summed E-state index contributed by atoms with van der Waals surface area (Å²) in [5.74, 6) is 0. The van der Waals surface area contributed by atoms with E-state index in [0.29, 0.717) is 6.61 Å². The first-order valence-electron chi connectivity index (χ1n) is 3.59. The second kappa shape index (κ2) is 4.47. The van der Waals surface area contributed by atoms with Gasteiger partial charge in [-0.2, -0.15) is 0 Å². The number of hydrogen-bond donors (Lipinski definition) is 1. The molecule has 2 nitrogen and oxygen atoms in total. The molecule has 0 amide bonds. The highest BCUT2D eigenvalue weighted by Gasteiger charge is 2.00. The highest BCUT2D eigenvalue weighted by atomic mass is 16.5. The average molecular weight is 143 g/mol. The Morgan fingerprint density at radius 2 is 2.00 bits per heavy atom. The van der Waals surface area contributed by atoms with Crippen molar-refractivity contribution in [3.8, 4) is 0 Å². The maximum atomic E-state index is 5.54. The van der Waals surface area contributed by atoms with Crippen LogP contribution in [0.2, 0.25) is 0 Å². The summed E-state index contributed by atoms with van der Waals surface area (Å²) in [6.07, 6.45) is 0.260. The average Bonchev–Trinajstić information content (AvgIpc) is 1.82. The van der Waals surface area contributed by atoms with Crippen LogP contribution in [0.4, 0.5) is 0 Å². The molecule has 0 saturated heterocycles. The van der Waals surface area contributed by atoms with Crippen LogP contribution < -0.4 is 5.73 Å². The molecular formula is C8H17NO. The van der Waals surface area contributed by atoms with E-state index >= 15 is 0 Å². The molecule has 0 aliphatic carbocycles. The Balaban J connectivity index is 3.40. The van der Waals surface area contributed by atoms with Crippen LogP contribution in [0.1, 0.15) is 20.8 Å². The fraction of sp³-hybridized carbons (Fsp3) is 0.750. The van der Waals surface area contributed by atoms with E-state index in [9.17, 15) is 0 Å². The standard InChI is InChI=1S/C8H17NO/c1-6(2)10-5-7(3)8(4)9/h6,8H,3,5,9H2,1-2,4H3. The third-order valence-electron chi connectivity index (χ3n) is 1.25. The summed E-state index contributed by atoms with van der Waals surface area (Å²) in [6.45, 7) is 10.3. The summed E-state index contributed by atoms with van der Waals surface area (Å²) in [5, 5.41) is 0. The minimum absolute atomic E-state index is 0.0405. The van der Waals surface area contributed by atoms with Crippen molar-refractivity contribution in [1.29, 1.82) is 0 Å². The first-order valence-corrected chi connectivity index (χ1v) is 3.59. The minimum atomic E-state index is 0.0405. The van der Waals surface area contributed by atoms with Crippen LogP contribution >= 0.6 is 0 Å². The molecule has 10 heavy (non-hydrogen) atoms. The maximum Gasteiger partial charge on any atom is 0.0692 e. The molecule has 0 aliphatic heterocycles. The molecule has 0 heterocycles. The van der Waals surface area contributed by atoms with Crippen LogP contribution in [-0.4, -0.2) is 18.8 Å². The third kappa shape index (κ3) is 4.53. The monoisotopic (exact) mass is 143 g/mol. The fourth-order valence-corrected chi connectivity index (χ4v) is 0.405. The molecule has 2 heteroatoms. The first-order chi connectivity index (χ1) is 4.54. The summed E-state index contributed by atoms with van der Waals surface area (Å²) >= 11 is 0. The SMILES string of the molecule is C=C(COC(C)C)C(C)N. The van der Waals surface area contributed by atoms with Gasteiger partial charge in [-0.3, -0.25) is 0 Å². The quantitative estimate of drug-likeness (QED) is 0.602. The summed E-state index contributed by atoms with van der Waals surface area (Å²) in [5.41, 5.74) is 6.50. The fourth-order valence-electron chi connectivity index (χ4n) is 0.405. The molecule has 0 radical (unpaired) electrons.